The summed E-state index contributed by atoms with van der Waals surface area (Å²) in [5, 5.41) is 14.6. The van der Waals surface area contributed by atoms with Gasteiger partial charge in [-0.25, -0.2) is 0 Å². The average molecular weight is 315 g/mol. The number of nitrogens with one attached hydrogen (secondary N) is 1. The second kappa shape index (κ2) is 8.41. The van der Waals surface area contributed by atoms with Crippen molar-refractivity contribution in [3.63, 3.8) is 0 Å². The van der Waals surface area contributed by atoms with Crippen LogP contribution in [0.4, 0.5) is 0 Å². The molecule has 124 valence electrons. The van der Waals surface area contributed by atoms with E-state index < -0.39 is 0 Å². The summed E-state index contributed by atoms with van der Waals surface area (Å²) in [6.45, 7) is 6.88. The predicted octanol–water partition coefficient (Wildman–Crippen LogP) is 2.92. The molecule has 1 amide bonds. The third-order valence-corrected chi connectivity index (χ3v) is 4.10. The maximum atomic E-state index is 12.6. The molecular weight excluding hydrogens is 290 g/mol. The number of hydrogen-bond acceptors (Lipinski definition) is 4. The zero-order chi connectivity index (χ0) is 16.7. The molecule has 23 heavy (non-hydrogen) atoms. The van der Waals surface area contributed by atoms with Gasteiger partial charge in [-0.1, -0.05) is 45.2 Å². The summed E-state index contributed by atoms with van der Waals surface area (Å²) in [6.07, 6.45) is 4.62. The predicted molar refractivity (Wildman–Crippen MR) is 89.5 cm³/mol. The molecule has 0 spiro atoms. The molecule has 0 saturated carbocycles. The van der Waals surface area contributed by atoms with Crippen LogP contribution < -0.4 is 5.32 Å². The highest BCUT2D eigenvalue weighted by Gasteiger charge is 2.16. The number of carbonyl (C=O) groups is 1. The molecule has 0 aliphatic carbocycles. The number of amides is 1. The monoisotopic (exact) mass is 315 g/mol. The van der Waals surface area contributed by atoms with Gasteiger partial charge in [0.2, 0.25) is 0 Å². The van der Waals surface area contributed by atoms with Gasteiger partial charge in [-0.15, -0.1) is 5.10 Å². The van der Waals surface area contributed by atoms with Crippen molar-refractivity contribution in [2.45, 2.75) is 46.5 Å². The van der Waals surface area contributed by atoms with Crippen molar-refractivity contribution in [1.82, 2.24) is 25.5 Å². The summed E-state index contributed by atoms with van der Waals surface area (Å²) in [5.41, 5.74) is 1.29. The minimum atomic E-state index is -0.0783. The Kier molecular flexibility index (Phi) is 6.26. The number of nitrogens with zero attached hydrogens (tertiary/aromatic N) is 4. The third-order valence-electron chi connectivity index (χ3n) is 4.10. The number of rotatable bonds is 8. The van der Waals surface area contributed by atoms with Crippen LogP contribution in [0.1, 0.15) is 55.7 Å². The summed E-state index contributed by atoms with van der Waals surface area (Å²) in [5.74, 6) is 1.10. The SMILES string of the molecule is CCCC[C@@H](CC)CNC(=O)c1ccccc1-n1nnnc1C. The van der Waals surface area contributed by atoms with E-state index in [1.807, 2.05) is 25.1 Å². The van der Waals surface area contributed by atoms with Crippen LogP contribution in [0.2, 0.25) is 0 Å². The highest BCUT2D eigenvalue weighted by atomic mass is 16.1. The number of para-hydroxylation sites is 1. The lowest BCUT2D eigenvalue weighted by Gasteiger charge is -2.16. The number of unbranched alkanes of at least 4 members (excludes halogenated alkanes) is 1. The second-order valence-corrected chi connectivity index (χ2v) is 5.78. The highest BCUT2D eigenvalue weighted by Crippen LogP contribution is 2.15. The first kappa shape index (κ1) is 17.1. The van der Waals surface area contributed by atoms with Gasteiger partial charge in [0, 0.05) is 6.54 Å². The Hall–Kier alpha value is -2.24. The van der Waals surface area contributed by atoms with E-state index in [1.165, 1.54) is 12.8 Å². The van der Waals surface area contributed by atoms with E-state index in [-0.39, 0.29) is 5.91 Å². The standard InChI is InChI=1S/C17H25N5O/c1-4-6-9-14(5-2)12-18-17(23)15-10-7-8-11-16(15)22-13(3)19-20-21-22/h7-8,10-11,14H,4-6,9,12H2,1-3H3,(H,18,23)/t14-/m1/s1. The summed E-state index contributed by atoms with van der Waals surface area (Å²) in [7, 11) is 0. The zero-order valence-electron chi connectivity index (χ0n) is 14.1. The Morgan fingerprint density at radius 1 is 1.30 bits per heavy atom. The van der Waals surface area contributed by atoms with Crippen molar-refractivity contribution >= 4 is 5.91 Å². The van der Waals surface area contributed by atoms with Crippen molar-refractivity contribution in [3.05, 3.63) is 35.7 Å². The summed E-state index contributed by atoms with van der Waals surface area (Å²) in [6, 6.07) is 7.39. The van der Waals surface area contributed by atoms with Crippen LogP contribution in [-0.2, 0) is 0 Å². The van der Waals surface area contributed by atoms with Crippen molar-refractivity contribution < 1.29 is 4.79 Å². The first-order valence-corrected chi connectivity index (χ1v) is 8.29. The number of tetrazole rings is 1. The molecule has 2 aromatic rings. The molecule has 0 unspecified atom stereocenters. The molecule has 6 nitrogen and oxygen atoms in total. The van der Waals surface area contributed by atoms with Gasteiger partial charge < -0.3 is 5.32 Å². The smallest absolute Gasteiger partial charge is 0.253 e. The van der Waals surface area contributed by atoms with Crippen LogP contribution in [0.25, 0.3) is 5.69 Å². The lowest BCUT2D eigenvalue weighted by atomic mass is 9.99. The Morgan fingerprint density at radius 3 is 2.74 bits per heavy atom. The molecule has 0 aliphatic rings. The van der Waals surface area contributed by atoms with E-state index in [2.05, 4.69) is 34.7 Å². The van der Waals surface area contributed by atoms with Gasteiger partial charge >= 0.3 is 0 Å². The molecule has 1 aromatic heterocycles. The molecule has 0 fully saturated rings. The number of hydrogen-bond donors (Lipinski definition) is 1. The van der Waals surface area contributed by atoms with Gasteiger partial charge in [0.1, 0.15) is 0 Å². The minimum Gasteiger partial charge on any atom is -0.352 e. The van der Waals surface area contributed by atoms with Gasteiger partial charge in [-0.05, 0) is 41.8 Å². The zero-order valence-corrected chi connectivity index (χ0v) is 14.1. The molecule has 0 radical (unpaired) electrons. The largest absolute Gasteiger partial charge is 0.352 e. The molecule has 6 heteroatoms. The third kappa shape index (κ3) is 4.37. The molecule has 1 aromatic carbocycles. The fourth-order valence-electron chi connectivity index (χ4n) is 2.58. The summed E-state index contributed by atoms with van der Waals surface area (Å²) >= 11 is 0. The molecule has 1 N–H and O–H groups in total. The van der Waals surface area contributed by atoms with Crippen LogP contribution >= 0.6 is 0 Å². The number of carbonyl (C=O) groups excluding carboxylic acids is 1. The Bertz CT molecular complexity index is 637. The van der Waals surface area contributed by atoms with E-state index in [1.54, 1.807) is 10.7 Å². The van der Waals surface area contributed by atoms with E-state index in [0.29, 0.717) is 29.5 Å². The molecule has 1 heterocycles. The van der Waals surface area contributed by atoms with Gasteiger partial charge in [0.05, 0.1) is 11.3 Å². The maximum Gasteiger partial charge on any atom is 0.253 e. The quantitative estimate of drug-likeness (QED) is 0.813. The maximum absolute atomic E-state index is 12.6. The van der Waals surface area contributed by atoms with Crippen molar-refractivity contribution in [3.8, 4) is 5.69 Å². The van der Waals surface area contributed by atoms with Gasteiger partial charge in [0.25, 0.3) is 5.91 Å². The van der Waals surface area contributed by atoms with Crippen LogP contribution in [0.3, 0.4) is 0 Å². The van der Waals surface area contributed by atoms with Crippen LogP contribution in [0, 0.1) is 12.8 Å². The summed E-state index contributed by atoms with van der Waals surface area (Å²) < 4.78 is 1.59. The number of aromatic nitrogens is 4. The molecule has 0 aliphatic heterocycles. The first-order chi connectivity index (χ1) is 11.2. The van der Waals surface area contributed by atoms with Gasteiger partial charge in [-0.2, -0.15) is 4.68 Å². The molecule has 0 bridgehead atoms. The number of benzene rings is 1. The Labute approximate surface area is 137 Å². The Morgan fingerprint density at radius 2 is 2.09 bits per heavy atom. The van der Waals surface area contributed by atoms with E-state index in [9.17, 15) is 4.79 Å². The average Bonchev–Trinajstić information content (AvgIpc) is 3.00. The van der Waals surface area contributed by atoms with Crippen molar-refractivity contribution in [1.29, 1.82) is 0 Å². The van der Waals surface area contributed by atoms with Crippen LogP contribution in [0.5, 0.6) is 0 Å². The highest BCUT2D eigenvalue weighted by molar-refractivity contribution is 5.97. The lowest BCUT2D eigenvalue weighted by Crippen LogP contribution is -2.30. The molecule has 0 saturated heterocycles. The van der Waals surface area contributed by atoms with E-state index in [4.69, 9.17) is 0 Å². The number of aryl methyl sites for hydroxylation is 1. The van der Waals surface area contributed by atoms with Crippen LogP contribution in [-0.4, -0.2) is 32.7 Å². The van der Waals surface area contributed by atoms with Gasteiger partial charge in [0.15, 0.2) is 5.82 Å². The topological polar surface area (TPSA) is 72.7 Å². The van der Waals surface area contributed by atoms with Crippen LogP contribution in [0.15, 0.2) is 24.3 Å². The van der Waals surface area contributed by atoms with E-state index >= 15 is 0 Å². The fourth-order valence-corrected chi connectivity index (χ4v) is 2.58. The molecule has 2 rings (SSSR count). The molecule has 1 atom stereocenters. The van der Waals surface area contributed by atoms with Crippen molar-refractivity contribution in [2.24, 2.45) is 5.92 Å². The van der Waals surface area contributed by atoms with Crippen molar-refractivity contribution in [2.75, 3.05) is 6.54 Å². The molecular formula is C17H25N5O. The van der Waals surface area contributed by atoms with Gasteiger partial charge in [-0.3, -0.25) is 4.79 Å². The second-order valence-electron chi connectivity index (χ2n) is 5.78. The fraction of sp³-hybridized carbons (Fsp3) is 0.529. The normalized spacial score (nSPS) is 12.1. The lowest BCUT2D eigenvalue weighted by molar-refractivity contribution is 0.0945. The minimum absolute atomic E-state index is 0.0783. The van der Waals surface area contributed by atoms with E-state index in [0.717, 1.165) is 12.8 Å². The summed E-state index contributed by atoms with van der Waals surface area (Å²) in [4.78, 5) is 12.6. The Balaban J connectivity index is 2.10. The first-order valence-electron chi connectivity index (χ1n) is 8.29.